The molecule has 0 bridgehead atoms. The maximum atomic E-state index is 13.4. The zero-order valence-electron chi connectivity index (χ0n) is 17.7. The van der Waals surface area contributed by atoms with Gasteiger partial charge < -0.3 is 4.90 Å². The second-order valence-electron chi connectivity index (χ2n) is 10.5. The Bertz CT molecular complexity index is 548. The van der Waals surface area contributed by atoms with Crippen LogP contribution >= 0.6 is 0 Å². The van der Waals surface area contributed by atoms with Gasteiger partial charge in [-0.1, -0.05) is 25.7 Å². The van der Waals surface area contributed by atoms with E-state index in [4.69, 9.17) is 0 Å². The topological polar surface area (TPSA) is 43.9 Å². The van der Waals surface area contributed by atoms with Gasteiger partial charge in [0.05, 0.1) is 0 Å². The summed E-state index contributed by atoms with van der Waals surface area (Å²) in [5, 5.41) is 0. The number of nitrogens with zero attached hydrogens (tertiary/aromatic N) is 3. The molecular formula is C19H37N3O2Si. The Morgan fingerprint density at radius 2 is 1.44 bits per heavy atom. The normalized spacial score (nSPS) is 26.0. The van der Waals surface area contributed by atoms with E-state index < -0.39 is 13.6 Å². The molecule has 3 amide bonds. The van der Waals surface area contributed by atoms with Crippen molar-refractivity contribution in [3.05, 3.63) is 0 Å². The van der Waals surface area contributed by atoms with Crippen molar-refractivity contribution in [2.75, 3.05) is 20.6 Å². The summed E-state index contributed by atoms with van der Waals surface area (Å²) in [5.41, 5.74) is -0.976. The van der Waals surface area contributed by atoms with Gasteiger partial charge in [-0.05, 0) is 54.0 Å². The van der Waals surface area contributed by atoms with Gasteiger partial charge in [0.15, 0.2) is 0 Å². The minimum Gasteiger partial charge on any atom is -0.312 e. The smallest absolute Gasteiger partial charge is 0.312 e. The van der Waals surface area contributed by atoms with Crippen LogP contribution in [0.3, 0.4) is 0 Å². The first-order valence-electron chi connectivity index (χ1n) is 9.48. The van der Waals surface area contributed by atoms with Crippen molar-refractivity contribution < 1.29 is 9.59 Å². The number of carbonyl (C=O) groups excluding carboxylic acids is 2. The highest BCUT2D eigenvalue weighted by Crippen LogP contribution is 2.48. The number of urea groups is 1. The molecule has 0 aromatic rings. The molecule has 0 radical (unpaired) electrons. The van der Waals surface area contributed by atoms with E-state index >= 15 is 0 Å². The fourth-order valence-corrected chi connectivity index (χ4v) is 5.97. The molecule has 2 aliphatic rings. The minimum atomic E-state index is -1.16. The Morgan fingerprint density at radius 3 is 1.88 bits per heavy atom. The second kappa shape index (κ2) is 6.08. The van der Waals surface area contributed by atoms with Gasteiger partial charge in [0.25, 0.3) is 5.91 Å². The van der Waals surface area contributed by atoms with Gasteiger partial charge in [0.1, 0.15) is 5.54 Å². The second-order valence-corrected chi connectivity index (χ2v) is 16.2. The molecule has 2 saturated heterocycles. The van der Waals surface area contributed by atoms with Crippen LogP contribution in [0.4, 0.5) is 4.79 Å². The average molecular weight is 368 g/mol. The Morgan fingerprint density at radius 1 is 0.960 bits per heavy atom. The molecule has 0 aromatic carbocycles. The summed E-state index contributed by atoms with van der Waals surface area (Å²) in [6.07, 6.45) is 2.29. The van der Waals surface area contributed by atoms with E-state index in [1.54, 1.807) is 4.90 Å². The Kier molecular flexibility index (Phi) is 4.97. The number of likely N-dealkylation sites (N-methyl/N-ethyl adjacent to an activating group) is 1. The van der Waals surface area contributed by atoms with Crippen molar-refractivity contribution in [2.24, 2.45) is 0 Å². The van der Waals surface area contributed by atoms with Crippen LogP contribution in [-0.2, 0) is 4.79 Å². The van der Waals surface area contributed by atoms with Crippen LogP contribution in [0.5, 0.6) is 0 Å². The molecule has 0 aliphatic carbocycles. The van der Waals surface area contributed by atoms with Gasteiger partial charge in [-0.3, -0.25) is 14.6 Å². The van der Waals surface area contributed by atoms with Crippen molar-refractivity contribution in [3.63, 3.8) is 0 Å². The summed E-state index contributed by atoms with van der Waals surface area (Å²) >= 11 is 0. The van der Waals surface area contributed by atoms with Crippen LogP contribution in [-0.4, -0.2) is 72.0 Å². The van der Waals surface area contributed by atoms with Gasteiger partial charge in [-0.25, -0.2) is 4.79 Å². The first kappa shape index (κ1) is 20.4. The van der Waals surface area contributed by atoms with Crippen LogP contribution in [0.25, 0.3) is 0 Å². The maximum absolute atomic E-state index is 13.4. The minimum absolute atomic E-state index is 0.0184. The lowest BCUT2D eigenvalue weighted by Gasteiger charge is -2.57. The lowest BCUT2D eigenvalue weighted by atomic mass is 9.68. The standard InChI is InChI=1S/C19H37N3O2Si/c1-17(2)13-19(14-18(3,4)21(17)6)15(23)22(16(24)20(19)5)11-10-12-25(7,8)9/h10-14H2,1-9H3. The number of carbonyl (C=O) groups is 2. The monoisotopic (exact) mass is 367 g/mol. The van der Waals surface area contributed by atoms with Gasteiger partial charge in [0, 0.05) is 32.7 Å². The molecule has 2 fully saturated rings. The molecule has 2 aliphatic heterocycles. The number of imide groups is 1. The van der Waals surface area contributed by atoms with Crippen LogP contribution in [0.1, 0.15) is 47.0 Å². The molecule has 25 heavy (non-hydrogen) atoms. The maximum Gasteiger partial charge on any atom is 0.327 e. The van der Waals surface area contributed by atoms with Crippen molar-refractivity contribution in [2.45, 2.75) is 89.3 Å². The molecule has 0 saturated carbocycles. The van der Waals surface area contributed by atoms with Crippen molar-refractivity contribution >= 4 is 20.0 Å². The molecule has 0 aromatic heterocycles. The van der Waals surface area contributed by atoms with Crippen molar-refractivity contribution in [1.82, 2.24) is 14.7 Å². The predicted molar refractivity (Wildman–Crippen MR) is 106 cm³/mol. The highest BCUT2D eigenvalue weighted by molar-refractivity contribution is 6.76. The van der Waals surface area contributed by atoms with Gasteiger partial charge in [0.2, 0.25) is 0 Å². The number of rotatable bonds is 4. The molecule has 5 nitrogen and oxygen atoms in total. The average Bonchev–Trinajstić information content (AvgIpc) is 2.59. The first-order chi connectivity index (χ1) is 11.1. The molecule has 144 valence electrons. The summed E-state index contributed by atoms with van der Waals surface area (Å²) in [5.74, 6) is 0.0184. The van der Waals surface area contributed by atoms with Gasteiger partial charge in [-0.15, -0.1) is 0 Å². The molecule has 0 unspecified atom stereocenters. The highest BCUT2D eigenvalue weighted by atomic mass is 28.3. The summed E-state index contributed by atoms with van der Waals surface area (Å²) < 4.78 is 0. The number of piperidine rings is 1. The molecule has 1 spiro atoms. The number of amides is 3. The van der Waals surface area contributed by atoms with Crippen LogP contribution in [0.15, 0.2) is 0 Å². The largest absolute Gasteiger partial charge is 0.327 e. The molecular weight excluding hydrogens is 330 g/mol. The molecule has 6 heteroatoms. The molecule has 2 heterocycles. The van der Waals surface area contributed by atoms with E-state index in [1.165, 1.54) is 4.90 Å². The Hall–Kier alpha value is -0.883. The van der Waals surface area contributed by atoms with E-state index in [0.29, 0.717) is 19.4 Å². The molecule has 0 atom stereocenters. The number of hydrogen-bond acceptors (Lipinski definition) is 3. The van der Waals surface area contributed by atoms with Crippen LogP contribution in [0, 0.1) is 0 Å². The third-order valence-electron chi connectivity index (χ3n) is 6.38. The highest BCUT2D eigenvalue weighted by Gasteiger charge is 2.63. The third-order valence-corrected chi connectivity index (χ3v) is 8.23. The Balaban J connectivity index is 2.27. The first-order valence-corrected chi connectivity index (χ1v) is 13.2. The summed E-state index contributed by atoms with van der Waals surface area (Å²) in [7, 11) is 2.78. The van der Waals surface area contributed by atoms with Crippen molar-refractivity contribution in [1.29, 1.82) is 0 Å². The SMILES string of the molecule is CN1C(C)(C)CC2(CC1(C)C)C(=O)N(CCC[Si](C)(C)C)C(=O)N2C. The van der Waals surface area contributed by atoms with Crippen molar-refractivity contribution in [3.8, 4) is 0 Å². The van der Waals surface area contributed by atoms with Crippen LogP contribution in [0.2, 0.25) is 25.7 Å². The summed E-state index contributed by atoms with van der Waals surface area (Å²) in [6.45, 7) is 16.3. The van der Waals surface area contributed by atoms with Gasteiger partial charge >= 0.3 is 6.03 Å². The van der Waals surface area contributed by atoms with E-state index in [2.05, 4.69) is 59.3 Å². The fourth-order valence-electron chi connectivity index (χ4n) is 4.75. The number of hydrogen-bond donors (Lipinski definition) is 0. The van der Waals surface area contributed by atoms with E-state index in [-0.39, 0.29) is 23.0 Å². The van der Waals surface area contributed by atoms with E-state index in [9.17, 15) is 9.59 Å². The predicted octanol–water partition coefficient (Wildman–Crippen LogP) is 3.63. The van der Waals surface area contributed by atoms with Gasteiger partial charge in [-0.2, -0.15) is 0 Å². The fraction of sp³-hybridized carbons (Fsp3) is 0.895. The van der Waals surface area contributed by atoms with Crippen LogP contribution < -0.4 is 0 Å². The quantitative estimate of drug-likeness (QED) is 0.563. The summed E-state index contributed by atoms with van der Waals surface area (Å²) in [4.78, 5) is 31.9. The zero-order valence-corrected chi connectivity index (χ0v) is 18.7. The molecule has 0 N–H and O–H groups in total. The Labute approximate surface area is 154 Å². The van der Waals surface area contributed by atoms with E-state index in [0.717, 1.165) is 12.5 Å². The third kappa shape index (κ3) is 3.52. The van der Waals surface area contributed by atoms with E-state index in [1.807, 2.05) is 7.05 Å². The molecule has 2 rings (SSSR count). The lowest BCUT2D eigenvalue weighted by Crippen LogP contribution is -2.68. The zero-order chi connectivity index (χ0) is 19.4. The summed E-state index contributed by atoms with van der Waals surface area (Å²) in [6, 6.07) is 1.03. The number of likely N-dealkylation sites (tertiary alicyclic amines) is 1. The lowest BCUT2D eigenvalue weighted by molar-refractivity contribution is -0.144.